The number of para-hydroxylation sites is 2. The van der Waals surface area contributed by atoms with Crippen LogP contribution in [0.2, 0.25) is 0 Å². The number of sulfonamides is 1. The molecular weight excluding hydrogens is 366 g/mol. The predicted molar refractivity (Wildman–Crippen MR) is 104 cm³/mol. The third kappa shape index (κ3) is 4.78. The lowest BCUT2D eigenvalue weighted by atomic mass is 9.97. The fourth-order valence-electron chi connectivity index (χ4n) is 2.96. The second-order valence-corrected chi connectivity index (χ2v) is 8.02. The molecule has 1 aliphatic rings. The molecule has 0 bridgehead atoms. The van der Waals surface area contributed by atoms with Gasteiger partial charge < -0.3 is 15.4 Å². The number of methoxy groups -OCH3 is 1. The van der Waals surface area contributed by atoms with E-state index in [1.54, 1.807) is 36.4 Å². The van der Waals surface area contributed by atoms with Gasteiger partial charge in [-0.1, -0.05) is 12.1 Å². The van der Waals surface area contributed by atoms with Gasteiger partial charge in [0, 0.05) is 5.92 Å². The third-order valence-electron chi connectivity index (χ3n) is 4.51. The van der Waals surface area contributed by atoms with Crippen LogP contribution in [0, 0.1) is 5.92 Å². The summed E-state index contributed by atoms with van der Waals surface area (Å²) in [5.74, 6) is 0.411. The molecule has 8 heteroatoms. The summed E-state index contributed by atoms with van der Waals surface area (Å²) in [6, 6.07) is 12.9. The number of amides is 1. The molecule has 0 saturated carbocycles. The van der Waals surface area contributed by atoms with Crippen LogP contribution < -0.4 is 20.1 Å². The summed E-state index contributed by atoms with van der Waals surface area (Å²) in [7, 11) is -2.27. The van der Waals surface area contributed by atoms with Crippen molar-refractivity contribution >= 4 is 27.3 Å². The van der Waals surface area contributed by atoms with Gasteiger partial charge in [-0.2, -0.15) is 0 Å². The molecule has 0 radical (unpaired) electrons. The van der Waals surface area contributed by atoms with Gasteiger partial charge in [0.15, 0.2) is 0 Å². The molecule has 1 heterocycles. The molecular formula is C19H23N3O4S. The van der Waals surface area contributed by atoms with E-state index in [2.05, 4.69) is 15.4 Å². The first-order valence-corrected chi connectivity index (χ1v) is 10.3. The Hall–Kier alpha value is -2.58. The van der Waals surface area contributed by atoms with Gasteiger partial charge in [0.05, 0.1) is 23.4 Å². The van der Waals surface area contributed by atoms with Crippen molar-refractivity contribution in [3.8, 4) is 5.75 Å². The first-order chi connectivity index (χ1) is 13.0. The Kier molecular flexibility index (Phi) is 5.98. The van der Waals surface area contributed by atoms with E-state index in [4.69, 9.17) is 4.74 Å². The third-order valence-corrected chi connectivity index (χ3v) is 5.89. The standard InChI is InChI=1S/C19H23N3O4S/c1-26-15-6-8-16(9-7-15)27(24,25)22-18-5-3-2-4-17(18)21-19(23)14-10-12-20-13-11-14/h2-9,14,20,22H,10-13H2,1H3,(H,21,23). The molecule has 27 heavy (non-hydrogen) atoms. The predicted octanol–water partition coefficient (Wildman–Crippen LogP) is 2.43. The summed E-state index contributed by atoms with van der Waals surface area (Å²) in [6.45, 7) is 1.62. The molecule has 3 N–H and O–H groups in total. The summed E-state index contributed by atoms with van der Waals surface area (Å²) in [4.78, 5) is 12.6. The van der Waals surface area contributed by atoms with Crippen molar-refractivity contribution in [2.75, 3.05) is 30.2 Å². The lowest BCUT2D eigenvalue weighted by Gasteiger charge is -2.22. The first kappa shape index (κ1) is 19.2. The van der Waals surface area contributed by atoms with Crippen molar-refractivity contribution in [1.29, 1.82) is 0 Å². The van der Waals surface area contributed by atoms with Gasteiger partial charge in [-0.05, 0) is 62.3 Å². The molecule has 1 amide bonds. The Labute approximate surface area is 159 Å². The van der Waals surface area contributed by atoms with E-state index in [1.807, 2.05) is 0 Å². The number of carbonyl (C=O) groups excluding carboxylic acids is 1. The maximum Gasteiger partial charge on any atom is 0.261 e. The molecule has 0 aromatic heterocycles. The second-order valence-electron chi connectivity index (χ2n) is 6.34. The Balaban J connectivity index is 1.77. The van der Waals surface area contributed by atoms with Gasteiger partial charge in [0.1, 0.15) is 5.75 Å². The molecule has 0 spiro atoms. The number of carbonyl (C=O) groups is 1. The fourth-order valence-corrected chi connectivity index (χ4v) is 4.04. The summed E-state index contributed by atoms with van der Waals surface area (Å²) >= 11 is 0. The maximum absolute atomic E-state index is 12.7. The quantitative estimate of drug-likeness (QED) is 0.705. The average molecular weight is 389 g/mol. The Morgan fingerprint density at radius 3 is 2.30 bits per heavy atom. The zero-order valence-corrected chi connectivity index (χ0v) is 15.9. The van der Waals surface area contributed by atoms with Crippen molar-refractivity contribution in [2.24, 2.45) is 5.92 Å². The van der Waals surface area contributed by atoms with Crippen LogP contribution in [0.5, 0.6) is 5.75 Å². The minimum absolute atomic E-state index is 0.0718. The lowest BCUT2D eigenvalue weighted by molar-refractivity contribution is -0.120. The van der Waals surface area contributed by atoms with E-state index >= 15 is 0 Å². The monoisotopic (exact) mass is 389 g/mol. The van der Waals surface area contributed by atoms with Gasteiger partial charge in [0.2, 0.25) is 5.91 Å². The van der Waals surface area contributed by atoms with Crippen LogP contribution in [0.4, 0.5) is 11.4 Å². The summed E-state index contributed by atoms with van der Waals surface area (Å²) in [5, 5.41) is 6.08. The lowest BCUT2D eigenvalue weighted by Crippen LogP contribution is -2.34. The van der Waals surface area contributed by atoms with E-state index in [0.29, 0.717) is 17.1 Å². The van der Waals surface area contributed by atoms with Crippen LogP contribution >= 0.6 is 0 Å². The van der Waals surface area contributed by atoms with Crippen LogP contribution in [-0.2, 0) is 14.8 Å². The first-order valence-electron chi connectivity index (χ1n) is 8.77. The molecule has 144 valence electrons. The molecule has 2 aromatic rings. The molecule has 1 fully saturated rings. The molecule has 3 rings (SSSR count). The molecule has 7 nitrogen and oxygen atoms in total. The highest BCUT2D eigenvalue weighted by molar-refractivity contribution is 7.92. The van der Waals surface area contributed by atoms with Crippen LogP contribution in [0.1, 0.15) is 12.8 Å². The number of anilines is 2. The Morgan fingerprint density at radius 2 is 1.67 bits per heavy atom. The van der Waals surface area contributed by atoms with Crippen LogP contribution in [0.25, 0.3) is 0 Å². The largest absolute Gasteiger partial charge is 0.497 e. The van der Waals surface area contributed by atoms with Crippen molar-refractivity contribution < 1.29 is 17.9 Å². The van der Waals surface area contributed by atoms with Crippen molar-refractivity contribution in [3.63, 3.8) is 0 Å². The van der Waals surface area contributed by atoms with Gasteiger partial charge >= 0.3 is 0 Å². The van der Waals surface area contributed by atoms with Crippen LogP contribution in [-0.4, -0.2) is 34.5 Å². The highest BCUT2D eigenvalue weighted by atomic mass is 32.2. The number of benzene rings is 2. The van der Waals surface area contributed by atoms with Crippen LogP contribution in [0.3, 0.4) is 0 Å². The Morgan fingerprint density at radius 1 is 1.04 bits per heavy atom. The number of ether oxygens (including phenoxy) is 1. The van der Waals surface area contributed by atoms with E-state index in [-0.39, 0.29) is 16.7 Å². The van der Waals surface area contributed by atoms with Crippen molar-refractivity contribution in [1.82, 2.24) is 5.32 Å². The average Bonchev–Trinajstić information content (AvgIpc) is 2.70. The Bertz CT molecular complexity index is 891. The van der Waals surface area contributed by atoms with Crippen molar-refractivity contribution in [3.05, 3.63) is 48.5 Å². The van der Waals surface area contributed by atoms with Gasteiger partial charge in [-0.3, -0.25) is 9.52 Å². The van der Waals surface area contributed by atoms with Gasteiger partial charge in [0.25, 0.3) is 10.0 Å². The number of piperidine rings is 1. The van der Waals surface area contributed by atoms with Crippen LogP contribution in [0.15, 0.2) is 53.4 Å². The maximum atomic E-state index is 12.7. The number of nitrogens with one attached hydrogen (secondary N) is 3. The topological polar surface area (TPSA) is 96.5 Å². The number of hydrogen-bond donors (Lipinski definition) is 3. The fraction of sp³-hybridized carbons (Fsp3) is 0.316. The molecule has 2 aromatic carbocycles. The second kappa shape index (κ2) is 8.41. The zero-order valence-electron chi connectivity index (χ0n) is 15.1. The zero-order chi connectivity index (χ0) is 19.3. The van der Waals surface area contributed by atoms with Crippen molar-refractivity contribution in [2.45, 2.75) is 17.7 Å². The number of hydrogen-bond acceptors (Lipinski definition) is 5. The van der Waals surface area contributed by atoms with E-state index in [9.17, 15) is 13.2 Å². The van der Waals surface area contributed by atoms with E-state index in [1.165, 1.54) is 19.2 Å². The summed E-state index contributed by atoms with van der Waals surface area (Å²) < 4.78 is 32.9. The highest BCUT2D eigenvalue weighted by Gasteiger charge is 2.22. The SMILES string of the molecule is COc1ccc(S(=O)(=O)Nc2ccccc2NC(=O)C2CCNCC2)cc1. The molecule has 1 saturated heterocycles. The highest BCUT2D eigenvalue weighted by Crippen LogP contribution is 2.26. The molecule has 1 aliphatic heterocycles. The normalized spacial score (nSPS) is 15.1. The van der Waals surface area contributed by atoms with Gasteiger partial charge in [-0.25, -0.2) is 8.42 Å². The molecule has 0 aliphatic carbocycles. The summed E-state index contributed by atoms with van der Waals surface area (Å²) in [5.41, 5.74) is 0.772. The summed E-state index contributed by atoms with van der Waals surface area (Å²) in [6.07, 6.45) is 1.54. The molecule has 0 unspecified atom stereocenters. The van der Waals surface area contributed by atoms with Gasteiger partial charge in [-0.15, -0.1) is 0 Å². The molecule has 0 atom stereocenters. The van der Waals surface area contributed by atoms with E-state index < -0.39 is 10.0 Å². The smallest absolute Gasteiger partial charge is 0.261 e. The number of rotatable bonds is 6. The van der Waals surface area contributed by atoms with E-state index in [0.717, 1.165) is 25.9 Å². The minimum atomic E-state index is -3.79. The minimum Gasteiger partial charge on any atom is -0.497 e.